The first-order chi connectivity index (χ1) is 8.81. The summed E-state index contributed by atoms with van der Waals surface area (Å²) in [6.45, 7) is 0. The monoisotopic (exact) mass is 297 g/mol. The number of halogens is 1. The molecule has 0 saturated heterocycles. The van der Waals surface area contributed by atoms with Crippen LogP contribution in [-0.4, -0.2) is 14.6 Å². The molecule has 86 valence electrons. The Hall–Kier alpha value is -1.94. The van der Waals surface area contributed by atoms with Crippen LogP contribution < -0.4 is 0 Å². The van der Waals surface area contributed by atoms with Crippen LogP contribution in [0.15, 0.2) is 53.1 Å². The van der Waals surface area contributed by atoms with Crippen molar-refractivity contribution in [1.82, 2.24) is 14.6 Å². The SMILES string of the molecule is Brc1ccc2c(c1)nn1cc3ccccc3nc21. The van der Waals surface area contributed by atoms with Gasteiger partial charge in [0.2, 0.25) is 0 Å². The Kier molecular flexibility index (Phi) is 1.96. The maximum Gasteiger partial charge on any atom is 0.163 e. The van der Waals surface area contributed by atoms with Crippen molar-refractivity contribution in [1.29, 1.82) is 0 Å². The fraction of sp³-hybridized carbons (Fsp3) is 0. The fourth-order valence-corrected chi connectivity index (χ4v) is 2.56. The van der Waals surface area contributed by atoms with Gasteiger partial charge in [0.15, 0.2) is 5.65 Å². The molecule has 0 atom stereocenters. The normalized spacial score (nSPS) is 11.6. The average molecular weight is 298 g/mol. The van der Waals surface area contributed by atoms with E-state index in [1.165, 1.54) is 0 Å². The third-order valence-corrected chi connectivity index (χ3v) is 3.55. The van der Waals surface area contributed by atoms with E-state index in [0.717, 1.165) is 31.9 Å². The van der Waals surface area contributed by atoms with Crippen LogP contribution in [0.5, 0.6) is 0 Å². The molecule has 4 rings (SSSR count). The van der Waals surface area contributed by atoms with Crippen LogP contribution in [0.3, 0.4) is 0 Å². The van der Waals surface area contributed by atoms with Gasteiger partial charge in [-0.15, -0.1) is 0 Å². The van der Waals surface area contributed by atoms with Crippen LogP contribution in [0, 0.1) is 0 Å². The molecule has 0 amide bonds. The summed E-state index contributed by atoms with van der Waals surface area (Å²) in [7, 11) is 0. The van der Waals surface area contributed by atoms with E-state index >= 15 is 0 Å². The van der Waals surface area contributed by atoms with Crippen molar-refractivity contribution in [3.8, 4) is 0 Å². The van der Waals surface area contributed by atoms with Gasteiger partial charge in [-0.3, -0.25) is 0 Å². The minimum atomic E-state index is 0.899. The number of fused-ring (bicyclic) bond motifs is 4. The molecule has 3 nitrogen and oxygen atoms in total. The second kappa shape index (κ2) is 3.53. The summed E-state index contributed by atoms with van der Waals surface area (Å²) in [6, 6.07) is 14.1. The fourth-order valence-electron chi connectivity index (χ4n) is 2.21. The van der Waals surface area contributed by atoms with Crippen molar-refractivity contribution >= 4 is 43.4 Å². The number of para-hydroxylation sites is 1. The minimum absolute atomic E-state index is 0.899. The Morgan fingerprint density at radius 1 is 1.00 bits per heavy atom. The summed E-state index contributed by atoms with van der Waals surface area (Å²) in [5.41, 5.74) is 2.85. The lowest BCUT2D eigenvalue weighted by molar-refractivity contribution is 0.972. The van der Waals surface area contributed by atoms with Crippen LogP contribution in [0.2, 0.25) is 0 Å². The summed E-state index contributed by atoms with van der Waals surface area (Å²) in [6.07, 6.45) is 2.02. The molecule has 0 unspecified atom stereocenters. The van der Waals surface area contributed by atoms with Crippen molar-refractivity contribution < 1.29 is 0 Å². The maximum atomic E-state index is 4.68. The van der Waals surface area contributed by atoms with Crippen molar-refractivity contribution in [2.24, 2.45) is 0 Å². The number of aromatic nitrogens is 3. The molecule has 18 heavy (non-hydrogen) atoms. The zero-order valence-electron chi connectivity index (χ0n) is 9.34. The highest BCUT2D eigenvalue weighted by Crippen LogP contribution is 2.23. The first kappa shape index (κ1) is 10.0. The largest absolute Gasteiger partial charge is 0.228 e. The van der Waals surface area contributed by atoms with Gasteiger partial charge in [-0.25, -0.2) is 9.50 Å². The summed E-state index contributed by atoms with van der Waals surface area (Å²) in [4.78, 5) is 4.68. The second-order valence-corrected chi connectivity index (χ2v) is 5.15. The molecule has 0 bridgehead atoms. The first-order valence-electron chi connectivity index (χ1n) is 5.65. The third-order valence-electron chi connectivity index (χ3n) is 3.06. The van der Waals surface area contributed by atoms with Gasteiger partial charge in [-0.05, 0) is 24.3 Å². The molecular weight excluding hydrogens is 290 g/mol. The zero-order valence-corrected chi connectivity index (χ0v) is 10.9. The van der Waals surface area contributed by atoms with E-state index in [1.807, 2.05) is 53.2 Å². The van der Waals surface area contributed by atoms with Crippen LogP contribution in [0.4, 0.5) is 0 Å². The molecule has 2 heterocycles. The molecule has 2 aromatic carbocycles. The molecule has 0 saturated carbocycles. The van der Waals surface area contributed by atoms with Gasteiger partial charge in [0.25, 0.3) is 0 Å². The van der Waals surface area contributed by atoms with E-state index in [9.17, 15) is 0 Å². The summed E-state index contributed by atoms with van der Waals surface area (Å²) >= 11 is 3.46. The lowest BCUT2D eigenvalue weighted by Gasteiger charge is -1.97. The molecule has 2 aromatic heterocycles. The van der Waals surface area contributed by atoms with Gasteiger partial charge in [0, 0.05) is 21.4 Å². The standard InChI is InChI=1S/C14H8BrN3/c15-10-5-6-11-13(7-10)17-18-8-9-3-1-2-4-12(9)16-14(11)18/h1-8H. The lowest BCUT2D eigenvalue weighted by Crippen LogP contribution is -1.90. The van der Waals surface area contributed by atoms with Crippen molar-refractivity contribution in [2.75, 3.05) is 0 Å². The van der Waals surface area contributed by atoms with Gasteiger partial charge in [0.05, 0.1) is 11.0 Å². The predicted molar refractivity (Wildman–Crippen MR) is 75.7 cm³/mol. The zero-order chi connectivity index (χ0) is 12.1. The van der Waals surface area contributed by atoms with E-state index in [0.29, 0.717) is 0 Å². The Morgan fingerprint density at radius 3 is 2.83 bits per heavy atom. The lowest BCUT2D eigenvalue weighted by atomic mass is 10.2. The first-order valence-corrected chi connectivity index (χ1v) is 6.44. The van der Waals surface area contributed by atoms with E-state index < -0.39 is 0 Å². The Bertz CT molecular complexity index is 895. The Morgan fingerprint density at radius 2 is 1.89 bits per heavy atom. The second-order valence-electron chi connectivity index (χ2n) is 4.23. The number of benzene rings is 2. The van der Waals surface area contributed by atoms with E-state index in [-0.39, 0.29) is 0 Å². The minimum Gasteiger partial charge on any atom is -0.228 e. The molecule has 0 spiro atoms. The number of hydrogen-bond donors (Lipinski definition) is 0. The van der Waals surface area contributed by atoms with Gasteiger partial charge < -0.3 is 0 Å². The quantitative estimate of drug-likeness (QED) is 0.494. The summed E-state index contributed by atoms with van der Waals surface area (Å²) in [5, 5.41) is 6.72. The Balaban J connectivity index is 2.23. The highest BCUT2D eigenvalue weighted by atomic mass is 79.9. The molecule has 0 aliphatic heterocycles. The van der Waals surface area contributed by atoms with Crippen molar-refractivity contribution in [3.05, 3.63) is 53.1 Å². The van der Waals surface area contributed by atoms with Crippen LogP contribution in [-0.2, 0) is 0 Å². The molecule has 0 N–H and O–H groups in total. The average Bonchev–Trinajstić information content (AvgIpc) is 2.72. The smallest absolute Gasteiger partial charge is 0.163 e. The van der Waals surface area contributed by atoms with Crippen molar-refractivity contribution in [3.63, 3.8) is 0 Å². The number of nitrogens with zero attached hydrogens (tertiary/aromatic N) is 3. The van der Waals surface area contributed by atoms with Gasteiger partial charge in [0.1, 0.15) is 0 Å². The van der Waals surface area contributed by atoms with Gasteiger partial charge in [-0.2, -0.15) is 5.10 Å². The highest BCUT2D eigenvalue weighted by Gasteiger charge is 2.07. The van der Waals surface area contributed by atoms with Crippen LogP contribution in [0.1, 0.15) is 0 Å². The van der Waals surface area contributed by atoms with Gasteiger partial charge >= 0.3 is 0 Å². The van der Waals surface area contributed by atoms with E-state index in [2.05, 4.69) is 26.0 Å². The van der Waals surface area contributed by atoms with E-state index in [4.69, 9.17) is 0 Å². The Labute approximate surface area is 111 Å². The molecule has 4 heteroatoms. The van der Waals surface area contributed by atoms with Crippen LogP contribution in [0.25, 0.3) is 27.5 Å². The molecule has 4 aromatic rings. The van der Waals surface area contributed by atoms with E-state index in [1.54, 1.807) is 0 Å². The third kappa shape index (κ3) is 1.36. The molecule has 0 aliphatic carbocycles. The molecule has 0 aliphatic rings. The topological polar surface area (TPSA) is 30.2 Å². The predicted octanol–water partition coefficient (Wildman–Crippen LogP) is 3.80. The maximum absolute atomic E-state index is 4.68. The number of rotatable bonds is 0. The summed E-state index contributed by atoms with van der Waals surface area (Å²) < 4.78 is 2.88. The summed E-state index contributed by atoms with van der Waals surface area (Å²) in [5.74, 6) is 0. The number of hydrogen-bond acceptors (Lipinski definition) is 2. The molecular formula is C14H8BrN3. The molecule has 0 radical (unpaired) electrons. The molecule has 0 fully saturated rings. The van der Waals surface area contributed by atoms with Crippen LogP contribution >= 0.6 is 15.9 Å². The van der Waals surface area contributed by atoms with Crippen molar-refractivity contribution in [2.45, 2.75) is 0 Å². The highest BCUT2D eigenvalue weighted by molar-refractivity contribution is 9.10. The van der Waals surface area contributed by atoms with Gasteiger partial charge in [-0.1, -0.05) is 34.1 Å².